The number of nitrogens with zero attached hydrogens (tertiary/aromatic N) is 6. The van der Waals surface area contributed by atoms with E-state index in [4.69, 9.17) is 16.1 Å². The van der Waals surface area contributed by atoms with E-state index in [2.05, 4.69) is 31.1 Å². The zero-order valence-electron chi connectivity index (χ0n) is 14.2. The summed E-state index contributed by atoms with van der Waals surface area (Å²) in [5.41, 5.74) is 0.175. The van der Waals surface area contributed by atoms with Gasteiger partial charge in [-0.05, 0) is 23.7 Å². The van der Waals surface area contributed by atoms with E-state index in [0.717, 1.165) is 14.6 Å². The van der Waals surface area contributed by atoms with Crippen molar-refractivity contribution >= 4 is 38.7 Å². The van der Waals surface area contributed by atoms with E-state index in [0.29, 0.717) is 5.82 Å². The third-order valence-electron chi connectivity index (χ3n) is 4.15. The van der Waals surface area contributed by atoms with Crippen molar-refractivity contribution in [2.45, 2.75) is 6.54 Å². The highest BCUT2D eigenvalue weighted by Crippen LogP contribution is 2.22. The average Bonchev–Trinajstić information content (AvgIpc) is 3.24. The van der Waals surface area contributed by atoms with Crippen molar-refractivity contribution < 1.29 is 4.52 Å². The minimum absolute atomic E-state index is 0.0454. The number of hydrogen-bond acceptors (Lipinski definition) is 6. The predicted octanol–water partition coefficient (Wildman–Crippen LogP) is 1.95. The molecule has 0 aliphatic carbocycles. The first kappa shape index (κ1) is 17.7. The molecular weight excluding hydrogens is 440 g/mol. The Morgan fingerprint density at radius 3 is 2.70 bits per heavy atom. The number of fused-ring (bicyclic) bond motifs is 1. The van der Waals surface area contributed by atoms with Crippen LogP contribution in [0.1, 0.15) is 5.89 Å². The van der Waals surface area contributed by atoms with E-state index in [9.17, 15) is 9.59 Å². The van der Waals surface area contributed by atoms with E-state index < -0.39 is 11.2 Å². The maximum atomic E-state index is 12.5. The second-order valence-corrected chi connectivity index (χ2v) is 7.12. The van der Waals surface area contributed by atoms with Gasteiger partial charge in [0.2, 0.25) is 17.0 Å². The average molecular weight is 452 g/mol. The van der Waals surface area contributed by atoms with E-state index >= 15 is 0 Å². The molecular formula is C16H12BrClN6O3. The summed E-state index contributed by atoms with van der Waals surface area (Å²) >= 11 is 9.60. The van der Waals surface area contributed by atoms with Crippen LogP contribution in [0.2, 0.25) is 5.28 Å². The summed E-state index contributed by atoms with van der Waals surface area (Å²) < 4.78 is 9.89. The van der Waals surface area contributed by atoms with Crippen LogP contribution in [0, 0.1) is 0 Å². The molecule has 0 saturated heterocycles. The lowest BCUT2D eigenvalue weighted by atomic mass is 10.2. The summed E-state index contributed by atoms with van der Waals surface area (Å²) in [6.45, 7) is 0.0454. The molecule has 4 rings (SSSR count). The third-order valence-corrected chi connectivity index (χ3v) is 4.93. The van der Waals surface area contributed by atoms with Crippen LogP contribution < -0.4 is 11.2 Å². The number of benzene rings is 1. The topological polar surface area (TPSA) is 101 Å². The predicted molar refractivity (Wildman–Crippen MR) is 102 cm³/mol. The van der Waals surface area contributed by atoms with Gasteiger partial charge in [0.1, 0.15) is 6.54 Å². The first-order valence-corrected chi connectivity index (χ1v) is 8.94. The van der Waals surface area contributed by atoms with Crippen molar-refractivity contribution in [3.63, 3.8) is 0 Å². The molecule has 3 aromatic heterocycles. The first-order valence-electron chi connectivity index (χ1n) is 7.77. The molecule has 0 N–H and O–H groups in total. The lowest BCUT2D eigenvalue weighted by Crippen LogP contribution is -2.37. The molecule has 0 bridgehead atoms. The highest BCUT2D eigenvalue weighted by molar-refractivity contribution is 9.10. The summed E-state index contributed by atoms with van der Waals surface area (Å²) in [6.07, 6.45) is 0. The van der Waals surface area contributed by atoms with Crippen LogP contribution in [0.15, 0.2) is 42.9 Å². The van der Waals surface area contributed by atoms with Gasteiger partial charge in [0.15, 0.2) is 11.2 Å². The number of hydrogen-bond donors (Lipinski definition) is 0. The van der Waals surface area contributed by atoms with Crippen LogP contribution in [0.4, 0.5) is 0 Å². The number of rotatable bonds is 3. The van der Waals surface area contributed by atoms with Crippen molar-refractivity contribution in [1.29, 1.82) is 0 Å². The molecule has 0 radical (unpaired) electrons. The zero-order chi connectivity index (χ0) is 19.3. The lowest BCUT2D eigenvalue weighted by molar-refractivity contribution is 0.372. The quantitative estimate of drug-likeness (QED) is 0.441. The van der Waals surface area contributed by atoms with E-state index in [1.54, 1.807) is 0 Å². The molecule has 138 valence electrons. The Kier molecular flexibility index (Phi) is 4.23. The van der Waals surface area contributed by atoms with Crippen molar-refractivity contribution in [3.05, 3.63) is 60.8 Å². The van der Waals surface area contributed by atoms with Crippen molar-refractivity contribution in [2.24, 2.45) is 14.1 Å². The molecule has 11 heteroatoms. The molecule has 9 nitrogen and oxygen atoms in total. The largest absolute Gasteiger partial charge is 0.337 e. The SMILES string of the molecule is Cn1c(=O)c2c(nc(Cl)n2Cc2nc(-c3cccc(Br)c3)no2)n(C)c1=O. The molecule has 0 aliphatic rings. The van der Waals surface area contributed by atoms with Crippen LogP contribution in [0.3, 0.4) is 0 Å². The van der Waals surface area contributed by atoms with Crippen LogP contribution in [-0.4, -0.2) is 28.8 Å². The second kappa shape index (κ2) is 6.46. The zero-order valence-corrected chi connectivity index (χ0v) is 16.5. The van der Waals surface area contributed by atoms with E-state index in [1.165, 1.54) is 23.2 Å². The summed E-state index contributed by atoms with van der Waals surface area (Å²) in [6, 6.07) is 7.46. The molecule has 0 amide bonds. The van der Waals surface area contributed by atoms with Crippen molar-refractivity contribution in [1.82, 2.24) is 28.8 Å². The fourth-order valence-corrected chi connectivity index (χ4v) is 3.39. The van der Waals surface area contributed by atoms with Gasteiger partial charge in [-0.25, -0.2) is 4.79 Å². The van der Waals surface area contributed by atoms with Gasteiger partial charge in [0, 0.05) is 24.1 Å². The summed E-state index contributed by atoms with van der Waals surface area (Å²) in [4.78, 5) is 33.1. The molecule has 4 aromatic rings. The normalized spacial score (nSPS) is 11.4. The molecule has 0 unspecified atom stereocenters. The fraction of sp³-hybridized carbons (Fsp3) is 0.188. The summed E-state index contributed by atoms with van der Waals surface area (Å²) in [5, 5.41) is 4.01. The maximum absolute atomic E-state index is 12.5. The van der Waals surface area contributed by atoms with E-state index in [-0.39, 0.29) is 28.9 Å². The minimum Gasteiger partial charge on any atom is -0.337 e. The van der Waals surface area contributed by atoms with Crippen LogP contribution in [0.5, 0.6) is 0 Å². The fourth-order valence-electron chi connectivity index (χ4n) is 2.76. The molecule has 0 saturated carbocycles. The Hall–Kier alpha value is -2.72. The monoisotopic (exact) mass is 450 g/mol. The van der Waals surface area contributed by atoms with Crippen LogP contribution >= 0.6 is 27.5 Å². The molecule has 3 heterocycles. The van der Waals surface area contributed by atoms with Gasteiger partial charge in [-0.15, -0.1) is 0 Å². The Morgan fingerprint density at radius 2 is 1.96 bits per heavy atom. The van der Waals surface area contributed by atoms with Crippen molar-refractivity contribution in [2.75, 3.05) is 0 Å². The highest BCUT2D eigenvalue weighted by atomic mass is 79.9. The van der Waals surface area contributed by atoms with Gasteiger partial charge in [-0.2, -0.15) is 9.97 Å². The summed E-state index contributed by atoms with van der Waals surface area (Å²) in [5.74, 6) is 0.661. The van der Waals surface area contributed by atoms with E-state index in [1.807, 2.05) is 24.3 Å². The van der Waals surface area contributed by atoms with Crippen LogP contribution in [-0.2, 0) is 20.6 Å². The highest BCUT2D eigenvalue weighted by Gasteiger charge is 2.20. The Bertz CT molecular complexity index is 1300. The molecule has 0 atom stereocenters. The van der Waals surface area contributed by atoms with Gasteiger partial charge in [0.25, 0.3) is 5.56 Å². The van der Waals surface area contributed by atoms with Gasteiger partial charge < -0.3 is 4.52 Å². The standard InChI is InChI=1S/C16H12BrClN6O3/c1-22-13-11(14(25)23(2)16(22)26)24(15(18)20-13)7-10-19-12(21-27-10)8-4-3-5-9(17)6-8/h3-6H,7H2,1-2H3. The number of aryl methyl sites for hydroxylation is 1. The smallest absolute Gasteiger partial charge is 0.332 e. The summed E-state index contributed by atoms with van der Waals surface area (Å²) in [7, 11) is 2.92. The van der Waals surface area contributed by atoms with Crippen LogP contribution in [0.25, 0.3) is 22.6 Å². The molecule has 27 heavy (non-hydrogen) atoms. The second-order valence-electron chi connectivity index (χ2n) is 5.87. The van der Waals surface area contributed by atoms with Gasteiger partial charge in [-0.3, -0.25) is 18.5 Å². The van der Waals surface area contributed by atoms with Gasteiger partial charge in [0.05, 0.1) is 0 Å². The minimum atomic E-state index is -0.501. The Morgan fingerprint density at radius 1 is 1.19 bits per heavy atom. The molecule has 0 aliphatic heterocycles. The first-order chi connectivity index (χ1) is 12.9. The third kappa shape index (κ3) is 2.90. The number of aromatic nitrogens is 6. The molecule has 0 spiro atoms. The van der Waals surface area contributed by atoms with Gasteiger partial charge in [-0.1, -0.05) is 33.2 Å². The van der Waals surface area contributed by atoms with Crippen molar-refractivity contribution in [3.8, 4) is 11.4 Å². The van der Waals surface area contributed by atoms with Gasteiger partial charge >= 0.3 is 5.69 Å². The Labute approximate surface area is 164 Å². The maximum Gasteiger partial charge on any atom is 0.332 e. The number of imidazole rings is 1. The molecule has 1 aromatic carbocycles. The number of halogens is 2. The molecule has 0 fully saturated rings. The Balaban J connectivity index is 1.80. The lowest BCUT2D eigenvalue weighted by Gasteiger charge is -2.05.